The van der Waals surface area contributed by atoms with Crippen molar-refractivity contribution in [3.63, 3.8) is 0 Å². The summed E-state index contributed by atoms with van der Waals surface area (Å²) in [4.78, 5) is 3.99. The lowest BCUT2D eigenvalue weighted by atomic mass is 10.3. The van der Waals surface area contributed by atoms with Crippen molar-refractivity contribution >= 4 is 56.5 Å². The minimum absolute atomic E-state index is 0.154. The first-order valence-electron chi connectivity index (χ1n) is 4.81. The van der Waals surface area contributed by atoms with Gasteiger partial charge in [-0.3, -0.25) is 0 Å². The van der Waals surface area contributed by atoms with Gasteiger partial charge in [0.15, 0.2) is 5.82 Å². The maximum Gasteiger partial charge on any atom is 0.151 e. The normalized spacial score (nSPS) is 10.4. The number of hydrogen-bond acceptors (Lipinski definition) is 3. The van der Waals surface area contributed by atoms with E-state index in [4.69, 9.17) is 28.9 Å². The molecule has 0 spiro atoms. The predicted octanol–water partition coefficient (Wildman–Crippen LogP) is 4.62. The summed E-state index contributed by atoms with van der Waals surface area (Å²) in [5.41, 5.74) is 6.08. The molecule has 0 aliphatic heterocycles. The third-order valence-electron chi connectivity index (χ3n) is 2.14. The molecule has 0 saturated heterocycles. The Morgan fingerprint density at radius 2 is 1.94 bits per heavy atom. The minimum atomic E-state index is -0.391. The number of rotatable bonds is 2. The van der Waals surface area contributed by atoms with Crippen molar-refractivity contribution in [1.29, 1.82) is 0 Å². The molecule has 3 N–H and O–H groups in total. The molecule has 18 heavy (non-hydrogen) atoms. The summed E-state index contributed by atoms with van der Waals surface area (Å²) in [5.74, 6) is 0.0829. The lowest BCUT2D eigenvalue weighted by Crippen LogP contribution is -1.99. The maximum absolute atomic E-state index is 13.3. The van der Waals surface area contributed by atoms with Crippen molar-refractivity contribution in [3.05, 3.63) is 44.6 Å². The topological polar surface area (TPSA) is 50.9 Å². The van der Waals surface area contributed by atoms with Gasteiger partial charge in [0.2, 0.25) is 0 Å². The number of nitrogens with two attached hydrogens (primary N) is 1. The van der Waals surface area contributed by atoms with E-state index < -0.39 is 5.82 Å². The summed E-state index contributed by atoms with van der Waals surface area (Å²) in [5, 5.41) is 3.44. The van der Waals surface area contributed by atoms with E-state index in [9.17, 15) is 4.39 Å². The number of nitrogens with zero attached hydrogens (tertiary/aromatic N) is 1. The Morgan fingerprint density at radius 1 is 1.22 bits per heavy atom. The molecule has 0 radical (unpaired) electrons. The van der Waals surface area contributed by atoms with Gasteiger partial charge < -0.3 is 11.1 Å². The molecular formula is C11H7BrCl2FN3. The highest BCUT2D eigenvalue weighted by Crippen LogP contribution is 2.30. The van der Waals surface area contributed by atoms with Crippen LogP contribution in [0.3, 0.4) is 0 Å². The van der Waals surface area contributed by atoms with Gasteiger partial charge in [0.25, 0.3) is 0 Å². The standard InChI is InChI=1S/C11H7BrCl2FN3/c12-6-2-1-5(3-9(6)15)17-11-8(14)4-7(13)10(16)18-11/h1-4H,(H3,16,17,18). The molecule has 0 unspecified atom stereocenters. The zero-order valence-electron chi connectivity index (χ0n) is 8.85. The van der Waals surface area contributed by atoms with Crippen LogP contribution in [0.4, 0.5) is 21.7 Å². The molecule has 7 heteroatoms. The summed E-state index contributed by atoms with van der Waals surface area (Å²) >= 11 is 14.8. The molecule has 2 rings (SSSR count). The van der Waals surface area contributed by atoms with E-state index >= 15 is 0 Å². The zero-order valence-corrected chi connectivity index (χ0v) is 11.9. The van der Waals surface area contributed by atoms with Crippen LogP contribution in [0.25, 0.3) is 0 Å². The second-order valence-electron chi connectivity index (χ2n) is 3.44. The summed E-state index contributed by atoms with van der Waals surface area (Å²) in [6.07, 6.45) is 0. The summed E-state index contributed by atoms with van der Waals surface area (Å²) in [6, 6.07) is 6.04. The first kappa shape index (κ1) is 13.4. The molecule has 0 fully saturated rings. The Hall–Kier alpha value is -1.04. The molecule has 1 aromatic heterocycles. The van der Waals surface area contributed by atoms with Crippen LogP contribution in [0, 0.1) is 5.82 Å². The largest absolute Gasteiger partial charge is 0.382 e. The zero-order chi connectivity index (χ0) is 13.3. The van der Waals surface area contributed by atoms with Gasteiger partial charge in [0.1, 0.15) is 11.6 Å². The number of nitrogens with one attached hydrogen (secondary N) is 1. The molecule has 0 amide bonds. The summed E-state index contributed by atoms with van der Waals surface area (Å²) < 4.78 is 13.7. The van der Waals surface area contributed by atoms with E-state index in [2.05, 4.69) is 26.2 Å². The smallest absolute Gasteiger partial charge is 0.151 e. The molecule has 94 valence electrons. The average Bonchev–Trinajstić information content (AvgIpc) is 2.31. The molecule has 0 aliphatic carbocycles. The van der Waals surface area contributed by atoms with Crippen molar-refractivity contribution in [2.75, 3.05) is 11.1 Å². The van der Waals surface area contributed by atoms with Gasteiger partial charge in [-0.1, -0.05) is 23.2 Å². The van der Waals surface area contributed by atoms with Crippen molar-refractivity contribution in [2.24, 2.45) is 0 Å². The Bertz CT molecular complexity index is 607. The summed E-state index contributed by atoms with van der Waals surface area (Å²) in [6.45, 7) is 0. The highest BCUT2D eigenvalue weighted by Gasteiger charge is 2.08. The van der Waals surface area contributed by atoms with Crippen LogP contribution < -0.4 is 11.1 Å². The quantitative estimate of drug-likeness (QED) is 0.831. The predicted molar refractivity (Wildman–Crippen MR) is 76.1 cm³/mol. The van der Waals surface area contributed by atoms with Gasteiger partial charge >= 0.3 is 0 Å². The van der Waals surface area contributed by atoms with Crippen LogP contribution in [0.2, 0.25) is 10.0 Å². The highest BCUT2D eigenvalue weighted by molar-refractivity contribution is 9.10. The average molecular weight is 351 g/mol. The third-order valence-corrected chi connectivity index (χ3v) is 3.37. The number of halogens is 4. The first-order valence-corrected chi connectivity index (χ1v) is 6.36. The van der Waals surface area contributed by atoms with Crippen LogP contribution in [0.1, 0.15) is 0 Å². The van der Waals surface area contributed by atoms with Crippen LogP contribution in [-0.4, -0.2) is 4.98 Å². The van der Waals surface area contributed by atoms with Gasteiger partial charge in [0.05, 0.1) is 14.5 Å². The van der Waals surface area contributed by atoms with Crippen molar-refractivity contribution in [1.82, 2.24) is 4.98 Å². The Kier molecular flexibility index (Phi) is 3.94. The van der Waals surface area contributed by atoms with Crippen molar-refractivity contribution < 1.29 is 4.39 Å². The molecule has 1 heterocycles. The molecule has 0 aliphatic rings. The van der Waals surface area contributed by atoms with E-state index in [0.717, 1.165) is 0 Å². The highest BCUT2D eigenvalue weighted by atomic mass is 79.9. The van der Waals surface area contributed by atoms with E-state index in [0.29, 0.717) is 21.0 Å². The number of hydrogen-bond donors (Lipinski definition) is 2. The molecular weight excluding hydrogens is 344 g/mol. The van der Waals surface area contributed by atoms with Crippen LogP contribution in [0.15, 0.2) is 28.7 Å². The second kappa shape index (κ2) is 5.30. The van der Waals surface area contributed by atoms with Gasteiger partial charge in [0, 0.05) is 5.69 Å². The van der Waals surface area contributed by atoms with E-state index in [1.807, 2.05) is 0 Å². The monoisotopic (exact) mass is 349 g/mol. The molecule has 0 bridgehead atoms. The fourth-order valence-corrected chi connectivity index (χ4v) is 1.93. The minimum Gasteiger partial charge on any atom is -0.382 e. The fraction of sp³-hybridized carbons (Fsp3) is 0. The van der Waals surface area contributed by atoms with Crippen LogP contribution in [0.5, 0.6) is 0 Å². The maximum atomic E-state index is 13.3. The Labute approximate surface area is 121 Å². The third kappa shape index (κ3) is 2.85. The second-order valence-corrected chi connectivity index (χ2v) is 5.11. The molecule has 0 saturated carbocycles. The molecule has 0 atom stereocenters. The number of pyridine rings is 1. The number of benzene rings is 1. The number of aromatic nitrogens is 1. The fourth-order valence-electron chi connectivity index (χ4n) is 1.28. The molecule has 2 aromatic rings. The van der Waals surface area contributed by atoms with Crippen molar-refractivity contribution in [2.45, 2.75) is 0 Å². The number of nitrogen functional groups attached to an aromatic ring is 1. The van der Waals surface area contributed by atoms with Gasteiger partial charge in [-0.05, 0) is 40.2 Å². The summed E-state index contributed by atoms with van der Waals surface area (Å²) in [7, 11) is 0. The van der Waals surface area contributed by atoms with Crippen molar-refractivity contribution in [3.8, 4) is 0 Å². The lowest BCUT2D eigenvalue weighted by molar-refractivity contribution is 0.622. The van der Waals surface area contributed by atoms with E-state index in [1.165, 1.54) is 12.1 Å². The van der Waals surface area contributed by atoms with E-state index in [-0.39, 0.29) is 10.8 Å². The SMILES string of the molecule is Nc1nc(Nc2ccc(Br)c(F)c2)c(Cl)cc1Cl. The van der Waals surface area contributed by atoms with Gasteiger partial charge in [-0.25, -0.2) is 9.37 Å². The Morgan fingerprint density at radius 3 is 2.61 bits per heavy atom. The van der Waals surface area contributed by atoms with Crippen LogP contribution >= 0.6 is 39.1 Å². The van der Waals surface area contributed by atoms with Gasteiger partial charge in [-0.15, -0.1) is 0 Å². The lowest BCUT2D eigenvalue weighted by Gasteiger charge is -2.09. The van der Waals surface area contributed by atoms with E-state index in [1.54, 1.807) is 12.1 Å². The van der Waals surface area contributed by atoms with Crippen LogP contribution in [-0.2, 0) is 0 Å². The Balaban J connectivity index is 2.34. The number of anilines is 3. The van der Waals surface area contributed by atoms with Gasteiger partial charge in [-0.2, -0.15) is 0 Å². The first-order chi connectivity index (χ1) is 8.47. The molecule has 1 aromatic carbocycles. The molecule has 3 nitrogen and oxygen atoms in total.